The molecular formula is C15H22N2O3S. The zero-order valence-electron chi connectivity index (χ0n) is 12.7. The predicted octanol–water partition coefficient (Wildman–Crippen LogP) is 1.18. The number of carbonyl (C=O) groups is 1. The summed E-state index contributed by atoms with van der Waals surface area (Å²) in [5.74, 6) is 5.68. The molecule has 1 atom stereocenters. The van der Waals surface area contributed by atoms with Crippen LogP contribution in [0.25, 0.3) is 0 Å². The predicted molar refractivity (Wildman–Crippen MR) is 84.5 cm³/mol. The molecule has 0 spiro atoms. The summed E-state index contributed by atoms with van der Waals surface area (Å²) >= 11 is 1.39. The Balaban J connectivity index is 2.96. The van der Waals surface area contributed by atoms with Crippen molar-refractivity contribution in [2.75, 3.05) is 40.5 Å². The number of hydrogen-bond donors (Lipinski definition) is 1. The molecule has 116 valence electrons. The third-order valence-electron chi connectivity index (χ3n) is 2.92. The molecule has 1 aromatic rings. The molecule has 5 nitrogen and oxygen atoms in total. The minimum atomic E-state index is -0.0482. The maximum atomic E-state index is 12.7. The summed E-state index contributed by atoms with van der Waals surface area (Å²) in [7, 11) is 3.24. The normalized spacial score (nSPS) is 11.6. The monoisotopic (exact) mass is 310 g/mol. The highest BCUT2D eigenvalue weighted by Gasteiger charge is 2.24. The second-order valence-corrected chi connectivity index (χ2v) is 5.38. The van der Waals surface area contributed by atoms with E-state index in [0.717, 1.165) is 5.56 Å². The summed E-state index contributed by atoms with van der Waals surface area (Å²) in [6.07, 6.45) is 0. The van der Waals surface area contributed by atoms with Gasteiger partial charge in [-0.15, -0.1) is 11.3 Å². The highest BCUT2D eigenvalue weighted by molar-refractivity contribution is 7.12. The van der Waals surface area contributed by atoms with E-state index in [0.29, 0.717) is 24.6 Å². The molecule has 2 N–H and O–H groups in total. The van der Waals surface area contributed by atoms with Crippen molar-refractivity contribution in [3.05, 3.63) is 21.9 Å². The lowest BCUT2D eigenvalue weighted by molar-refractivity contribution is 0.0483. The molecule has 0 aliphatic rings. The van der Waals surface area contributed by atoms with Gasteiger partial charge >= 0.3 is 0 Å². The third kappa shape index (κ3) is 5.14. The van der Waals surface area contributed by atoms with Gasteiger partial charge in [-0.05, 0) is 18.4 Å². The van der Waals surface area contributed by atoms with E-state index in [1.807, 2.05) is 18.4 Å². The van der Waals surface area contributed by atoms with E-state index in [9.17, 15) is 4.79 Å². The van der Waals surface area contributed by atoms with Gasteiger partial charge in [-0.3, -0.25) is 4.79 Å². The molecule has 0 fully saturated rings. The van der Waals surface area contributed by atoms with Crippen molar-refractivity contribution in [2.45, 2.75) is 13.0 Å². The molecule has 1 amide bonds. The Morgan fingerprint density at radius 1 is 1.48 bits per heavy atom. The number of carbonyl (C=O) groups excluding carboxylic acids is 1. The van der Waals surface area contributed by atoms with Gasteiger partial charge in [0.15, 0.2) is 0 Å². The highest BCUT2D eigenvalue weighted by atomic mass is 32.1. The van der Waals surface area contributed by atoms with E-state index in [4.69, 9.17) is 15.2 Å². The maximum absolute atomic E-state index is 12.7. The number of rotatable bonds is 7. The Morgan fingerprint density at radius 3 is 2.86 bits per heavy atom. The van der Waals surface area contributed by atoms with Crippen LogP contribution in [0.1, 0.15) is 22.2 Å². The fraction of sp³-hybridized carbons (Fsp3) is 0.533. The van der Waals surface area contributed by atoms with Crippen LogP contribution in [-0.2, 0) is 9.47 Å². The molecule has 1 heterocycles. The minimum Gasteiger partial charge on any atom is -0.383 e. The molecule has 1 unspecified atom stereocenters. The Bertz CT molecular complexity index is 505. The lowest BCUT2D eigenvalue weighted by Crippen LogP contribution is -2.43. The number of amides is 1. The summed E-state index contributed by atoms with van der Waals surface area (Å²) in [5, 5.41) is 1.86. The summed E-state index contributed by atoms with van der Waals surface area (Å²) < 4.78 is 10.2. The van der Waals surface area contributed by atoms with Crippen LogP contribution in [0.2, 0.25) is 0 Å². The highest BCUT2D eigenvalue weighted by Crippen LogP contribution is 2.19. The van der Waals surface area contributed by atoms with E-state index < -0.39 is 0 Å². The zero-order chi connectivity index (χ0) is 15.7. The second-order valence-electron chi connectivity index (χ2n) is 4.47. The Kier molecular flexibility index (Phi) is 8.01. The first kappa shape index (κ1) is 17.7. The van der Waals surface area contributed by atoms with Crippen molar-refractivity contribution in [3.8, 4) is 11.8 Å². The summed E-state index contributed by atoms with van der Waals surface area (Å²) in [6.45, 7) is 3.70. The topological polar surface area (TPSA) is 64.8 Å². The first-order valence-electron chi connectivity index (χ1n) is 6.71. The van der Waals surface area contributed by atoms with Gasteiger partial charge in [0, 0.05) is 26.3 Å². The van der Waals surface area contributed by atoms with Crippen LogP contribution in [-0.4, -0.2) is 57.4 Å². The molecule has 0 saturated carbocycles. The fourth-order valence-corrected chi connectivity index (χ4v) is 2.70. The smallest absolute Gasteiger partial charge is 0.265 e. The van der Waals surface area contributed by atoms with Crippen LogP contribution < -0.4 is 5.73 Å². The van der Waals surface area contributed by atoms with Crippen molar-refractivity contribution in [1.82, 2.24) is 4.90 Å². The number of hydrogen-bond acceptors (Lipinski definition) is 5. The second kappa shape index (κ2) is 9.53. The number of nitrogens with zero attached hydrogens (tertiary/aromatic N) is 1. The Labute approximate surface area is 130 Å². The molecule has 0 saturated heterocycles. The van der Waals surface area contributed by atoms with Gasteiger partial charge in [-0.1, -0.05) is 11.8 Å². The summed E-state index contributed by atoms with van der Waals surface area (Å²) in [5.41, 5.74) is 6.11. The lowest BCUT2D eigenvalue weighted by Gasteiger charge is -2.28. The SMILES string of the molecule is COCCN(C(=O)c1sccc1C#CCN)C(C)COC. The molecule has 0 aliphatic heterocycles. The molecule has 6 heteroatoms. The van der Waals surface area contributed by atoms with Crippen LogP contribution in [0.3, 0.4) is 0 Å². The average Bonchev–Trinajstić information content (AvgIpc) is 2.94. The van der Waals surface area contributed by atoms with Crippen molar-refractivity contribution in [3.63, 3.8) is 0 Å². The van der Waals surface area contributed by atoms with E-state index in [-0.39, 0.29) is 18.5 Å². The van der Waals surface area contributed by atoms with Crippen molar-refractivity contribution < 1.29 is 14.3 Å². The van der Waals surface area contributed by atoms with Crippen molar-refractivity contribution >= 4 is 17.2 Å². The average molecular weight is 310 g/mol. The molecule has 1 aromatic heterocycles. The first-order valence-corrected chi connectivity index (χ1v) is 7.58. The molecule has 0 aromatic carbocycles. The van der Waals surface area contributed by atoms with Crippen LogP contribution in [0.5, 0.6) is 0 Å². The molecule has 21 heavy (non-hydrogen) atoms. The summed E-state index contributed by atoms with van der Waals surface area (Å²) in [4.78, 5) is 15.1. The molecule has 0 bridgehead atoms. The van der Waals surface area contributed by atoms with Gasteiger partial charge in [0.1, 0.15) is 4.88 Å². The Hall–Kier alpha value is -1.39. The number of nitrogens with two attached hydrogens (primary N) is 1. The molecular weight excluding hydrogens is 288 g/mol. The first-order chi connectivity index (χ1) is 10.2. The number of thiophene rings is 1. The van der Waals surface area contributed by atoms with Gasteiger partial charge in [0.05, 0.1) is 25.8 Å². The largest absolute Gasteiger partial charge is 0.383 e. The Morgan fingerprint density at radius 2 is 2.24 bits per heavy atom. The molecule has 1 rings (SSSR count). The number of methoxy groups -OCH3 is 2. The van der Waals surface area contributed by atoms with Gasteiger partial charge in [0.25, 0.3) is 5.91 Å². The van der Waals surface area contributed by atoms with Gasteiger partial charge in [0.2, 0.25) is 0 Å². The molecule has 0 aliphatic carbocycles. The lowest BCUT2D eigenvalue weighted by atomic mass is 10.2. The van der Waals surface area contributed by atoms with Crippen LogP contribution in [0, 0.1) is 11.8 Å². The van der Waals surface area contributed by atoms with Crippen molar-refractivity contribution in [1.29, 1.82) is 0 Å². The minimum absolute atomic E-state index is 0.0323. The number of ether oxygens (including phenoxy) is 2. The standard InChI is InChI=1S/C15H22N2O3S/c1-12(11-20-3)17(8-9-19-2)15(18)14-13(5-4-7-16)6-10-21-14/h6,10,12H,7-9,11,16H2,1-3H3. The van der Waals surface area contributed by atoms with E-state index in [1.165, 1.54) is 11.3 Å². The quantitative estimate of drug-likeness (QED) is 0.768. The van der Waals surface area contributed by atoms with Gasteiger partial charge in [-0.2, -0.15) is 0 Å². The third-order valence-corrected chi connectivity index (χ3v) is 3.82. The maximum Gasteiger partial charge on any atom is 0.265 e. The van der Waals surface area contributed by atoms with E-state index >= 15 is 0 Å². The van der Waals surface area contributed by atoms with Crippen molar-refractivity contribution in [2.24, 2.45) is 5.73 Å². The van der Waals surface area contributed by atoms with E-state index in [1.54, 1.807) is 19.1 Å². The van der Waals surface area contributed by atoms with Gasteiger partial charge in [-0.25, -0.2) is 0 Å². The fourth-order valence-electron chi connectivity index (χ4n) is 1.89. The van der Waals surface area contributed by atoms with Crippen LogP contribution in [0.15, 0.2) is 11.4 Å². The summed E-state index contributed by atoms with van der Waals surface area (Å²) in [6, 6.07) is 1.81. The zero-order valence-corrected chi connectivity index (χ0v) is 13.5. The van der Waals surface area contributed by atoms with Gasteiger partial charge < -0.3 is 20.1 Å². The van der Waals surface area contributed by atoms with E-state index in [2.05, 4.69) is 11.8 Å². The van der Waals surface area contributed by atoms with Crippen LogP contribution in [0.4, 0.5) is 0 Å². The molecule has 0 radical (unpaired) electrons. The van der Waals surface area contributed by atoms with Crippen LogP contribution >= 0.6 is 11.3 Å².